The van der Waals surface area contributed by atoms with Gasteiger partial charge in [-0.2, -0.15) is 0 Å². The van der Waals surface area contributed by atoms with Gasteiger partial charge in [0.15, 0.2) is 0 Å². The Kier molecular flexibility index (Phi) is 11.9. The molecule has 2 aromatic rings. The van der Waals surface area contributed by atoms with Crippen LogP contribution in [0.2, 0.25) is 0 Å². The maximum absolute atomic E-state index is 14.0. The zero-order chi connectivity index (χ0) is 25.9. The van der Waals surface area contributed by atoms with Crippen LogP contribution in [0, 0.1) is 0 Å². The van der Waals surface area contributed by atoms with Crippen molar-refractivity contribution in [2.24, 2.45) is 0 Å². The average Bonchev–Trinajstić information content (AvgIpc) is 2.85. The second-order valence-electron chi connectivity index (χ2n) is 7.27. The number of benzene rings is 2. The van der Waals surface area contributed by atoms with E-state index in [1.807, 2.05) is 0 Å². The van der Waals surface area contributed by atoms with Crippen LogP contribution in [0.25, 0.3) is 0 Å². The summed E-state index contributed by atoms with van der Waals surface area (Å²) >= 11 is 0. The largest absolute Gasteiger partial charge is 0.497 e. The molecule has 0 aromatic heterocycles. The van der Waals surface area contributed by atoms with Crippen LogP contribution < -0.4 is 14.8 Å². The monoisotopic (exact) mass is 529 g/mol. The first-order valence-electron chi connectivity index (χ1n) is 11.6. The number of rotatable bonds is 16. The van der Waals surface area contributed by atoms with E-state index in [1.165, 1.54) is 0 Å². The van der Waals surface area contributed by atoms with Crippen LogP contribution in [0.1, 0.15) is 50.4 Å². The molecule has 0 radical (unpaired) electrons. The molecule has 2 aromatic carbocycles. The molecule has 0 unspecified atom stereocenters. The lowest BCUT2D eigenvalue weighted by Crippen LogP contribution is -2.29. The van der Waals surface area contributed by atoms with Crippen molar-refractivity contribution in [1.82, 2.24) is 5.32 Å². The van der Waals surface area contributed by atoms with E-state index in [2.05, 4.69) is 5.32 Å². The smallest absolute Gasteiger partial charge is 0.351 e. The highest BCUT2D eigenvalue weighted by Gasteiger charge is 2.44. The summed E-state index contributed by atoms with van der Waals surface area (Å²) in [7, 11) is -4.43. The molecule has 1 N–H and O–H groups in total. The first-order chi connectivity index (χ1) is 16.8. The third kappa shape index (κ3) is 7.64. The molecule has 0 spiro atoms. The van der Waals surface area contributed by atoms with E-state index in [1.54, 1.807) is 90.4 Å². The summed E-state index contributed by atoms with van der Waals surface area (Å²) in [5.41, 5.74) is 1.21. The zero-order valence-corrected chi connectivity index (χ0v) is 23.1. The predicted octanol–water partition coefficient (Wildman–Crippen LogP) is 6.52. The number of hydrogen-bond acceptors (Lipinski definition) is 9. The Morgan fingerprint density at radius 3 is 1.11 bits per heavy atom. The van der Waals surface area contributed by atoms with Crippen LogP contribution in [-0.4, -0.2) is 40.6 Å². The van der Waals surface area contributed by atoms with Crippen molar-refractivity contribution in [2.45, 2.75) is 39.3 Å². The number of ether oxygens (including phenoxy) is 2. The van der Waals surface area contributed by atoms with Gasteiger partial charge in [-0.1, -0.05) is 24.3 Å². The van der Waals surface area contributed by atoms with Crippen LogP contribution in [0.5, 0.6) is 11.5 Å². The van der Waals surface area contributed by atoms with Crippen molar-refractivity contribution in [3.8, 4) is 11.5 Å². The van der Waals surface area contributed by atoms with E-state index in [4.69, 9.17) is 27.6 Å². The average molecular weight is 530 g/mol. The van der Waals surface area contributed by atoms with E-state index >= 15 is 0 Å². The summed E-state index contributed by atoms with van der Waals surface area (Å²) < 4.78 is 61.4. The van der Waals surface area contributed by atoms with Gasteiger partial charge in [-0.15, -0.1) is 0 Å². The third-order valence-corrected chi connectivity index (χ3v) is 9.68. The van der Waals surface area contributed by atoms with Crippen molar-refractivity contribution in [3.05, 3.63) is 59.7 Å². The molecule has 0 fully saturated rings. The Labute approximate surface area is 208 Å². The molecule has 0 heterocycles. The fraction of sp³-hybridized carbons (Fsp3) is 0.500. The van der Waals surface area contributed by atoms with Crippen molar-refractivity contribution in [3.63, 3.8) is 0 Å². The van der Waals surface area contributed by atoms with Crippen LogP contribution >= 0.6 is 15.2 Å². The van der Waals surface area contributed by atoms with Gasteiger partial charge in [-0.05, 0) is 63.1 Å². The first-order valence-corrected chi connectivity index (χ1v) is 14.8. The van der Waals surface area contributed by atoms with E-state index in [0.717, 1.165) is 0 Å². The minimum atomic E-state index is -3.78. The SMILES string of the molecule is CCOP(=O)(OCC)[C@H](N[C@@H](c1ccc(OC)cc1)P(=O)(OCC)OCC)c1ccc(OC)cc1. The van der Waals surface area contributed by atoms with E-state index in [-0.39, 0.29) is 26.4 Å². The molecule has 2 rings (SSSR count). The van der Waals surface area contributed by atoms with Crippen molar-refractivity contribution < 1.29 is 36.7 Å². The quantitative estimate of drug-likeness (QED) is 0.243. The Morgan fingerprint density at radius 1 is 0.600 bits per heavy atom. The number of methoxy groups -OCH3 is 2. The van der Waals surface area contributed by atoms with Gasteiger partial charge in [0, 0.05) is 0 Å². The Balaban J connectivity index is 2.67. The highest BCUT2D eigenvalue weighted by molar-refractivity contribution is 7.55. The highest BCUT2D eigenvalue weighted by Crippen LogP contribution is 2.65. The summed E-state index contributed by atoms with van der Waals surface area (Å²) in [4.78, 5) is 0. The molecule has 0 bridgehead atoms. The fourth-order valence-corrected chi connectivity index (χ4v) is 7.59. The van der Waals surface area contributed by atoms with Gasteiger partial charge in [0.1, 0.15) is 23.1 Å². The molecule has 0 aliphatic heterocycles. The lowest BCUT2D eigenvalue weighted by molar-refractivity contribution is 0.195. The van der Waals surface area contributed by atoms with Crippen molar-refractivity contribution in [1.29, 1.82) is 0 Å². The number of hydrogen-bond donors (Lipinski definition) is 1. The Morgan fingerprint density at radius 2 is 0.886 bits per heavy atom. The highest BCUT2D eigenvalue weighted by atomic mass is 31.2. The summed E-state index contributed by atoms with van der Waals surface area (Å²) in [5.74, 6) is -0.684. The standard InChI is InChI=1S/C24H37NO8P2/c1-7-30-34(26,31-8-2)23(19-11-15-21(28-5)16-12-19)25-24(35(27,32-9-3)33-10-4)20-13-17-22(29-6)18-14-20/h11-18,23-25H,7-10H2,1-6H3/t23-,24+. The molecule has 9 nitrogen and oxygen atoms in total. The predicted molar refractivity (Wildman–Crippen MR) is 136 cm³/mol. The van der Waals surface area contributed by atoms with E-state index < -0.39 is 26.8 Å². The minimum absolute atomic E-state index is 0.160. The number of nitrogens with one attached hydrogen (secondary N) is 1. The maximum atomic E-state index is 14.0. The van der Waals surface area contributed by atoms with Crippen LogP contribution in [-0.2, 0) is 27.2 Å². The van der Waals surface area contributed by atoms with Gasteiger partial charge in [-0.3, -0.25) is 14.4 Å². The lowest BCUT2D eigenvalue weighted by Gasteiger charge is -2.34. The molecule has 0 amide bonds. The molecule has 0 aliphatic carbocycles. The molecule has 35 heavy (non-hydrogen) atoms. The zero-order valence-electron chi connectivity index (χ0n) is 21.3. The maximum Gasteiger partial charge on any atom is 0.351 e. The molecule has 196 valence electrons. The normalized spacial score (nSPS) is 13.9. The molecule has 0 saturated carbocycles. The van der Waals surface area contributed by atoms with E-state index in [0.29, 0.717) is 22.6 Å². The second-order valence-corrected chi connectivity index (χ2v) is 11.5. The van der Waals surface area contributed by atoms with Gasteiger partial charge in [0.25, 0.3) is 0 Å². The van der Waals surface area contributed by atoms with Gasteiger partial charge in [-0.25, -0.2) is 0 Å². The minimum Gasteiger partial charge on any atom is -0.497 e. The van der Waals surface area contributed by atoms with Gasteiger partial charge >= 0.3 is 15.2 Å². The second kappa shape index (κ2) is 14.1. The Bertz CT molecular complexity index is 885. The molecule has 11 heteroatoms. The van der Waals surface area contributed by atoms with Crippen molar-refractivity contribution >= 4 is 15.2 Å². The molecular formula is C24H37NO8P2. The van der Waals surface area contributed by atoms with Crippen LogP contribution in [0.3, 0.4) is 0 Å². The first kappa shape index (κ1) is 29.5. The molecule has 2 atom stereocenters. The van der Waals surface area contributed by atoms with Crippen LogP contribution in [0.4, 0.5) is 0 Å². The molecular weight excluding hydrogens is 492 g/mol. The fourth-order valence-electron chi connectivity index (χ4n) is 3.55. The molecule has 0 saturated heterocycles. The summed E-state index contributed by atoms with van der Waals surface area (Å²) in [6, 6.07) is 14.0. The van der Waals surface area contributed by atoms with Gasteiger partial charge < -0.3 is 27.6 Å². The summed E-state index contributed by atoms with van der Waals surface area (Å²) in [6.45, 7) is 7.60. The van der Waals surface area contributed by atoms with Crippen molar-refractivity contribution in [2.75, 3.05) is 40.6 Å². The van der Waals surface area contributed by atoms with Crippen LogP contribution in [0.15, 0.2) is 48.5 Å². The lowest BCUT2D eigenvalue weighted by atomic mass is 10.2. The molecule has 0 aliphatic rings. The summed E-state index contributed by atoms with van der Waals surface area (Å²) in [6.07, 6.45) is 0. The third-order valence-electron chi connectivity index (χ3n) is 5.05. The van der Waals surface area contributed by atoms with Gasteiger partial charge in [0.05, 0.1) is 40.6 Å². The van der Waals surface area contributed by atoms with E-state index in [9.17, 15) is 9.13 Å². The summed E-state index contributed by atoms with van der Waals surface area (Å²) in [5, 5.41) is 3.27. The topological polar surface area (TPSA) is 102 Å². The van der Waals surface area contributed by atoms with Gasteiger partial charge in [0.2, 0.25) is 0 Å². The Hall–Kier alpha value is -1.70.